The van der Waals surface area contributed by atoms with Crippen LogP contribution in [0, 0.1) is 6.92 Å². The van der Waals surface area contributed by atoms with Crippen LogP contribution < -0.4 is 5.73 Å². The molecule has 0 saturated carbocycles. The number of nitrogen functional groups attached to an aromatic ring is 1. The van der Waals surface area contributed by atoms with Gasteiger partial charge in [-0.2, -0.15) is 0 Å². The third-order valence-corrected chi connectivity index (χ3v) is 3.52. The van der Waals surface area contributed by atoms with Crippen molar-refractivity contribution in [3.63, 3.8) is 0 Å². The molecule has 0 radical (unpaired) electrons. The van der Waals surface area contributed by atoms with E-state index in [9.17, 15) is 8.60 Å². The molecule has 0 aromatic heterocycles. The third-order valence-electron chi connectivity index (χ3n) is 1.91. The minimum atomic E-state index is -1.10. The van der Waals surface area contributed by atoms with Gasteiger partial charge in [0, 0.05) is 16.3 Å². The lowest BCUT2D eigenvalue weighted by molar-refractivity contribution is 0.488. The molecule has 1 rings (SSSR count). The third kappa shape index (κ3) is 2.80. The van der Waals surface area contributed by atoms with Crippen molar-refractivity contribution in [1.82, 2.24) is 0 Å². The van der Waals surface area contributed by atoms with E-state index in [1.54, 1.807) is 18.2 Å². The van der Waals surface area contributed by atoms with Crippen LogP contribution in [-0.2, 0) is 10.8 Å². The standard InChI is InChI=1S/C10H14FNOS/c1-8-7-9(12)3-4-10(8)14(13)6-2-5-11/h3-4,7H,2,5-6,12H2,1H3. The molecular weight excluding hydrogens is 201 g/mol. The number of halogens is 1. The Morgan fingerprint density at radius 2 is 2.21 bits per heavy atom. The molecule has 1 aromatic rings. The molecule has 1 unspecified atom stereocenters. The van der Waals surface area contributed by atoms with Gasteiger partial charge in [-0.15, -0.1) is 0 Å². The molecule has 14 heavy (non-hydrogen) atoms. The first kappa shape index (κ1) is 11.2. The predicted octanol–water partition coefficient (Wildman–Crippen LogP) is 2.04. The zero-order valence-electron chi connectivity index (χ0n) is 8.13. The molecule has 0 aliphatic heterocycles. The summed E-state index contributed by atoms with van der Waals surface area (Å²) >= 11 is 0. The minimum Gasteiger partial charge on any atom is -0.399 e. The van der Waals surface area contributed by atoms with E-state index in [-0.39, 0.29) is 0 Å². The molecule has 2 nitrogen and oxygen atoms in total. The van der Waals surface area contributed by atoms with Crippen molar-refractivity contribution < 1.29 is 8.60 Å². The molecule has 78 valence electrons. The zero-order chi connectivity index (χ0) is 10.6. The molecule has 0 heterocycles. The van der Waals surface area contributed by atoms with Crippen molar-refractivity contribution in [2.75, 3.05) is 18.2 Å². The predicted molar refractivity (Wildman–Crippen MR) is 57.5 cm³/mol. The second-order valence-electron chi connectivity index (χ2n) is 3.12. The lowest BCUT2D eigenvalue weighted by Gasteiger charge is -2.05. The van der Waals surface area contributed by atoms with E-state index >= 15 is 0 Å². The van der Waals surface area contributed by atoms with Gasteiger partial charge >= 0.3 is 0 Å². The Kier molecular flexibility index (Phi) is 4.07. The van der Waals surface area contributed by atoms with Crippen LogP contribution in [0.25, 0.3) is 0 Å². The number of benzene rings is 1. The van der Waals surface area contributed by atoms with Crippen LogP contribution in [0.5, 0.6) is 0 Å². The van der Waals surface area contributed by atoms with E-state index in [2.05, 4.69) is 0 Å². The number of alkyl halides is 1. The number of hydrogen-bond donors (Lipinski definition) is 1. The molecule has 2 N–H and O–H groups in total. The summed E-state index contributed by atoms with van der Waals surface area (Å²) in [6.07, 6.45) is 0.344. The smallest absolute Gasteiger partial charge is 0.0903 e. The first-order valence-corrected chi connectivity index (χ1v) is 5.77. The quantitative estimate of drug-likeness (QED) is 0.781. The summed E-state index contributed by atoms with van der Waals surface area (Å²) in [5.41, 5.74) is 7.13. The van der Waals surface area contributed by atoms with Crippen molar-refractivity contribution in [1.29, 1.82) is 0 Å². The van der Waals surface area contributed by atoms with Gasteiger partial charge in [-0.1, -0.05) is 0 Å². The van der Waals surface area contributed by atoms with E-state index in [0.717, 1.165) is 10.5 Å². The Balaban J connectivity index is 2.80. The normalized spacial score (nSPS) is 12.7. The highest BCUT2D eigenvalue weighted by atomic mass is 32.2. The minimum absolute atomic E-state index is 0.344. The summed E-state index contributed by atoms with van der Waals surface area (Å²) in [4.78, 5) is 0.757. The first-order chi connectivity index (χ1) is 6.65. The maximum atomic E-state index is 11.9. The van der Waals surface area contributed by atoms with E-state index < -0.39 is 17.5 Å². The van der Waals surface area contributed by atoms with E-state index in [1.165, 1.54) is 0 Å². The highest BCUT2D eigenvalue weighted by molar-refractivity contribution is 7.85. The highest BCUT2D eigenvalue weighted by Crippen LogP contribution is 2.16. The van der Waals surface area contributed by atoms with Gasteiger partial charge in [0.1, 0.15) is 0 Å². The monoisotopic (exact) mass is 215 g/mol. The molecule has 0 fully saturated rings. The fourth-order valence-corrected chi connectivity index (χ4v) is 2.45. The summed E-state index contributed by atoms with van der Waals surface area (Å²) in [6, 6.07) is 5.25. The molecular formula is C10H14FNOS. The number of nitrogens with two attached hydrogens (primary N) is 1. The second-order valence-corrected chi connectivity index (χ2v) is 4.66. The first-order valence-electron chi connectivity index (χ1n) is 4.45. The lowest BCUT2D eigenvalue weighted by Crippen LogP contribution is -2.01. The Hall–Kier alpha value is -0.900. The van der Waals surface area contributed by atoms with Gasteiger partial charge in [0.15, 0.2) is 0 Å². The molecule has 0 spiro atoms. The van der Waals surface area contributed by atoms with E-state index in [1.807, 2.05) is 6.92 Å². The summed E-state index contributed by atoms with van der Waals surface area (Å²) in [7, 11) is -1.10. The van der Waals surface area contributed by atoms with Gasteiger partial charge in [0.05, 0.1) is 17.5 Å². The summed E-state index contributed by atoms with van der Waals surface area (Å²) in [5, 5.41) is 0. The number of hydrogen-bond acceptors (Lipinski definition) is 2. The molecule has 4 heteroatoms. The number of aryl methyl sites for hydroxylation is 1. The van der Waals surface area contributed by atoms with Gasteiger partial charge in [-0.25, -0.2) is 0 Å². The summed E-state index contributed by atoms with van der Waals surface area (Å²) in [6.45, 7) is 1.44. The molecule has 1 atom stereocenters. The van der Waals surface area contributed by atoms with Crippen molar-refractivity contribution in [2.45, 2.75) is 18.2 Å². The average molecular weight is 215 g/mol. The molecule has 0 aliphatic carbocycles. The molecule has 0 saturated heterocycles. The van der Waals surface area contributed by atoms with Crippen LogP contribution in [0.3, 0.4) is 0 Å². The molecule has 1 aromatic carbocycles. The largest absolute Gasteiger partial charge is 0.399 e. The van der Waals surface area contributed by atoms with Crippen molar-refractivity contribution >= 4 is 16.5 Å². The highest BCUT2D eigenvalue weighted by Gasteiger charge is 2.06. The number of anilines is 1. The van der Waals surface area contributed by atoms with Crippen LogP contribution in [0.1, 0.15) is 12.0 Å². The zero-order valence-corrected chi connectivity index (χ0v) is 8.94. The van der Waals surface area contributed by atoms with Gasteiger partial charge in [0.25, 0.3) is 0 Å². The SMILES string of the molecule is Cc1cc(N)ccc1S(=O)CCCF. The molecule has 0 amide bonds. The number of rotatable bonds is 4. The van der Waals surface area contributed by atoms with Crippen molar-refractivity contribution in [3.8, 4) is 0 Å². The van der Waals surface area contributed by atoms with Crippen molar-refractivity contribution in [3.05, 3.63) is 23.8 Å². The average Bonchev–Trinajstić information content (AvgIpc) is 2.14. The fraction of sp³-hybridized carbons (Fsp3) is 0.400. The van der Waals surface area contributed by atoms with Crippen LogP contribution in [-0.4, -0.2) is 16.6 Å². The lowest BCUT2D eigenvalue weighted by atomic mass is 10.2. The van der Waals surface area contributed by atoms with E-state index in [0.29, 0.717) is 17.9 Å². The van der Waals surface area contributed by atoms with Crippen LogP contribution in [0.2, 0.25) is 0 Å². The Morgan fingerprint density at radius 3 is 2.79 bits per heavy atom. The van der Waals surface area contributed by atoms with Gasteiger partial charge in [-0.3, -0.25) is 8.60 Å². The van der Waals surface area contributed by atoms with Crippen LogP contribution in [0.15, 0.2) is 23.1 Å². The molecule has 0 aliphatic rings. The molecule has 0 bridgehead atoms. The van der Waals surface area contributed by atoms with Crippen molar-refractivity contribution in [2.24, 2.45) is 0 Å². The Morgan fingerprint density at radius 1 is 1.50 bits per heavy atom. The van der Waals surface area contributed by atoms with Crippen LogP contribution >= 0.6 is 0 Å². The topological polar surface area (TPSA) is 43.1 Å². The van der Waals surface area contributed by atoms with Gasteiger partial charge in [-0.05, 0) is 37.1 Å². The summed E-state index contributed by atoms with van der Waals surface area (Å²) < 4.78 is 23.5. The Bertz CT molecular complexity index is 341. The van der Waals surface area contributed by atoms with E-state index in [4.69, 9.17) is 5.73 Å². The maximum Gasteiger partial charge on any atom is 0.0903 e. The van der Waals surface area contributed by atoms with Crippen LogP contribution in [0.4, 0.5) is 10.1 Å². The van der Waals surface area contributed by atoms with Gasteiger partial charge in [0.2, 0.25) is 0 Å². The Labute approximate surface area is 85.8 Å². The van der Waals surface area contributed by atoms with Gasteiger partial charge < -0.3 is 5.73 Å². The maximum absolute atomic E-state index is 11.9. The summed E-state index contributed by atoms with van der Waals surface area (Å²) in [5.74, 6) is 0.376. The second kappa shape index (κ2) is 5.10. The fourth-order valence-electron chi connectivity index (χ4n) is 1.22.